The summed E-state index contributed by atoms with van der Waals surface area (Å²) >= 11 is 5.80. The van der Waals surface area contributed by atoms with E-state index in [4.69, 9.17) is 16.3 Å². The van der Waals surface area contributed by atoms with E-state index in [9.17, 15) is 8.42 Å². The Morgan fingerprint density at radius 3 is 2.68 bits per heavy atom. The molecule has 1 heterocycles. The number of hydrogen-bond donors (Lipinski definition) is 0. The highest BCUT2D eigenvalue weighted by atomic mass is 35.5. The second kappa shape index (κ2) is 5.19. The fraction of sp³-hybridized carbons (Fsp3) is 0.154. The molecule has 0 fully saturated rings. The van der Waals surface area contributed by atoms with Crippen molar-refractivity contribution >= 4 is 21.4 Å². The van der Waals surface area contributed by atoms with Crippen LogP contribution in [0.5, 0.6) is 11.5 Å². The van der Waals surface area contributed by atoms with Crippen molar-refractivity contribution in [2.24, 2.45) is 0 Å². The van der Waals surface area contributed by atoms with Crippen molar-refractivity contribution in [3.05, 3.63) is 47.2 Å². The summed E-state index contributed by atoms with van der Waals surface area (Å²) < 4.78 is 28.6. The van der Waals surface area contributed by atoms with E-state index < -0.39 is 9.84 Å². The largest absolute Gasteiger partial charge is 0.457 e. The molecular formula is C13H12ClNO3S. The average Bonchev–Trinajstić information content (AvgIpc) is 2.33. The monoisotopic (exact) mass is 297 g/mol. The lowest BCUT2D eigenvalue weighted by Gasteiger charge is -2.09. The molecule has 2 rings (SSSR count). The van der Waals surface area contributed by atoms with Crippen LogP contribution < -0.4 is 4.74 Å². The van der Waals surface area contributed by atoms with Gasteiger partial charge in [-0.2, -0.15) is 0 Å². The Balaban J connectivity index is 2.36. The molecule has 2 aromatic rings. The number of pyridine rings is 1. The lowest BCUT2D eigenvalue weighted by molar-refractivity contribution is 0.476. The fourth-order valence-corrected chi connectivity index (χ4v) is 2.29. The molecule has 0 aliphatic rings. The lowest BCUT2D eigenvalue weighted by Crippen LogP contribution is -1.97. The number of nitrogens with zero attached hydrogens (tertiary/aromatic N) is 1. The Morgan fingerprint density at radius 1 is 1.26 bits per heavy atom. The first-order valence-corrected chi connectivity index (χ1v) is 7.73. The van der Waals surface area contributed by atoms with E-state index in [2.05, 4.69) is 4.98 Å². The summed E-state index contributed by atoms with van der Waals surface area (Å²) in [7, 11) is -3.25. The van der Waals surface area contributed by atoms with Gasteiger partial charge >= 0.3 is 0 Å². The first-order valence-electron chi connectivity index (χ1n) is 5.46. The van der Waals surface area contributed by atoms with Crippen LogP contribution in [0.15, 0.2) is 41.4 Å². The number of aromatic nitrogens is 1. The van der Waals surface area contributed by atoms with E-state index in [0.717, 1.165) is 11.8 Å². The van der Waals surface area contributed by atoms with Gasteiger partial charge in [0.05, 0.1) is 4.90 Å². The van der Waals surface area contributed by atoms with Gasteiger partial charge in [0.25, 0.3) is 0 Å². The van der Waals surface area contributed by atoms with Crippen molar-refractivity contribution in [3.8, 4) is 11.5 Å². The minimum Gasteiger partial charge on any atom is -0.457 e. The number of sulfone groups is 1. The predicted molar refractivity (Wildman–Crippen MR) is 73.6 cm³/mol. The van der Waals surface area contributed by atoms with E-state index >= 15 is 0 Å². The van der Waals surface area contributed by atoms with E-state index in [-0.39, 0.29) is 4.90 Å². The second-order valence-electron chi connectivity index (χ2n) is 4.12. The van der Waals surface area contributed by atoms with Crippen molar-refractivity contribution in [2.75, 3.05) is 6.26 Å². The molecule has 1 aromatic heterocycles. The van der Waals surface area contributed by atoms with Crippen molar-refractivity contribution in [3.63, 3.8) is 0 Å². The van der Waals surface area contributed by atoms with Crippen LogP contribution in [-0.4, -0.2) is 19.7 Å². The molecule has 0 spiro atoms. The molecule has 6 heteroatoms. The molecule has 0 radical (unpaired) electrons. The topological polar surface area (TPSA) is 56.3 Å². The van der Waals surface area contributed by atoms with Crippen LogP contribution in [0, 0.1) is 6.92 Å². The lowest BCUT2D eigenvalue weighted by atomic mass is 10.3. The maximum absolute atomic E-state index is 11.5. The molecule has 0 aliphatic heterocycles. The maximum Gasteiger partial charge on any atom is 0.175 e. The van der Waals surface area contributed by atoms with Crippen LogP contribution in [0.25, 0.3) is 0 Å². The normalized spacial score (nSPS) is 11.3. The van der Waals surface area contributed by atoms with Gasteiger partial charge < -0.3 is 4.74 Å². The number of benzene rings is 1. The number of rotatable bonds is 3. The number of aryl methyl sites for hydroxylation is 1. The Kier molecular flexibility index (Phi) is 3.78. The molecule has 0 aliphatic carbocycles. The summed E-state index contributed by atoms with van der Waals surface area (Å²) in [6.07, 6.45) is 2.75. The van der Waals surface area contributed by atoms with Gasteiger partial charge in [-0.15, -0.1) is 0 Å². The summed E-state index contributed by atoms with van der Waals surface area (Å²) in [5.41, 5.74) is 0.814. The average molecular weight is 298 g/mol. The molecule has 0 saturated carbocycles. The molecule has 100 valence electrons. The van der Waals surface area contributed by atoms with Crippen molar-refractivity contribution in [1.82, 2.24) is 4.98 Å². The third-order valence-corrected chi connectivity index (χ3v) is 3.80. The Hall–Kier alpha value is -1.59. The summed E-state index contributed by atoms with van der Waals surface area (Å²) in [4.78, 5) is 4.14. The van der Waals surface area contributed by atoms with Gasteiger partial charge in [0.1, 0.15) is 16.7 Å². The van der Waals surface area contributed by atoms with Crippen LogP contribution in [0.3, 0.4) is 0 Å². The van der Waals surface area contributed by atoms with Crippen molar-refractivity contribution in [1.29, 1.82) is 0 Å². The highest BCUT2D eigenvalue weighted by Crippen LogP contribution is 2.27. The Morgan fingerprint density at radius 2 is 2.00 bits per heavy atom. The maximum atomic E-state index is 11.5. The van der Waals surface area contributed by atoms with Crippen LogP contribution >= 0.6 is 11.6 Å². The van der Waals surface area contributed by atoms with Gasteiger partial charge in [-0.05, 0) is 25.1 Å². The van der Waals surface area contributed by atoms with Gasteiger partial charge in [0.15, 0.2) is 9.84 Å². The van der Waals surface area contributed by atoms with Gasteiger partial charge in [0.2, 0.25) is 0 Å². The zero-order chi connectivity index (χ0) is 14.0. The predicted octanol–water partition coefficient (Wildman–Crippen LogP) is 3.24. The fourth-order valence-electron chi connectivity index (χ4n) is 1.49. The number of hydrogen-bond acceptors (Lipinski definition) is 4. The zero-order valence-electron chi connectivity index (χ0n) is 10.4. The van der Waals surface area contributed by atoms with E-state index in [1.807, 2.05) is 6.92 Å². The van der Waals surface area contributed by atoms with Crippen LogP contribution in [0.2, 0.25) is 5.15 Å². The van der Waals surface area contributed by atoms with Crippen LogP contribution in [0.1, 0.15) is 5.56 Å². The van der Waals surface area contributed by atoms with E-state index in [1.165, 1.54) is 12.1 Å². The third kappa shape index (κ3) is 3.45. The molecule has 0 N–H and O–H groups in total. The summed E-state index contributed by atoms with van der Waals surface area (Å²) in [5, 5.41) is 0.319. The first kappa shape index (κ1) is 13.8. The van der Waals surface area contributed by atoms with Gasteiger partial charge in [-0.25, -0.2) is 13.4 Å². The minimum atomic E-state index is -3.25. The summed E-state index contributed by atoms with van der Waals surface area (Å²) in [6.45, 7) is 1.83. The summed E-state index contributed by atoms with van der Waals surface area (Å²) in [5.74, 6) is 0.985. The molecule has 0 saturated heterocycles. The summed E-state index contributed by atoms with van der Waals surface area (Å²) in [6, 6.07) is 7.90. The van der Waals surface area contributed by atoms with Gasteiger partial charge in [-0.3, -0.25) is 0 Å². The molecule has 0 unspecified atom stereocenters. The van der Waals surface area contributed by atoms with Crippen molar-refractivity contribution in [2.45, 2.75) is 11.8 Å². The molecule has 1 aromatic carbocycles. The Bertz CT molecular complexity index is 714. The number of ether oxygens (including phenoxy) is 1. The molecule has 0 atom stereocenters. The molecule has 0 amide bonds. The highest BCUT2D eigenvalue weighted by Gasteiger charge is 2.09. The molecule has 0 bridgehead atoms. The van der Waals surface area contributed by atoms with Gasteiger partial charge in [0, 0.05) is 24.1 Å². The van der Waals surface area contributed by atoms with E-state index in [1.54, 1.807) is 24.4 Å². The third-order valence-electron chi connectivity index (χ3n) is 2.48. The quantitative estimate of drug-likeness (QED) is 0.816. The first-order chi connectivity index (χ1) is 8.86. The standard InChI is InChI=1S/C13H12ClNO3S/c1-9-8-15-13(14)7-12(9)18-10-4-3-5-11(6-10)19(2,16)17/h3-8H,1-2H3. The molecule has 4 nitrogen and oxygen atoms in total. The smallest absolute Gasteiger partial charge is 0.175 e. The van der Waals surface area contributed by atoms with Crippen LogP contribution in [0.4, 0.5) is 0 Å². The van der Waals surface area contributed by atoms with Crippen molar-refractivity contribution < 1.29 is 13.2 Å². The highest BCUT2D eigenvalue weighted by molar-refractivity contribution is 7.90. The zero-order valence-corrected chi connectivity index (χ0v) is 12.0. The van der Waals surface area contributed by atoms with Gasteiger partial charge in [-0.1, -0.05) is 17.7 Å². The van der Waals surface area contributed by atoms with E-state index in [0.29, 0.717) is 16.7 Å². The molecular weight excluding hydrogens is 286 g/mol. The molecule has 19 heavy (non-hydrogen) atoms. The number of halogens is 1. The minimum absolute atomic E-state index is 0.211. The second-order valence-corrected chi connectivity index (χ2v) is 6.52. The Labute approximate surface area is 116 Å². The van der Waals surface area contributed by atoms with Crippen LogP contribution in [-0.2, 0) is 9.84 Å². The SMILES string of the molecule is Cc1cnc(Cl)cc1Oc1cccc(S(C)(=O)=O)c1.